The van der Waals surface area contributed by atoms with Crippen molar-refractivity contribution in [3.63, 3.8) is 0 Å². The van der Waals surface area contributed by atoms with Gasteiger partial charge in [-0.05, 0) is 32.0 Å². The van der Waals surface area contributed by atoms with Crippen LogP contribution in [0.5, 0.6) is 0 Å². The largest absolute Gasteiger partial charge is 0.301 e. The molecule has 0 fully saturated rings. The molecule has 0 amide bonds. The van der Waals surface area contributed by atoms with Gasteiger partial charge in [0, 0.05) is 24.0 Å². The SMILES string of the molecule is Cc1ccn(C(C)C2=NN(c3ccn(Cc4c(F)cccc4F)n3)C(N)S2)n1. The minimum absolute atomic E-state index is 0.0196. The van der Waals surface area contributed by atoms with E-state index in [-0.39, 0.29) is 18.2 Å². The predicted octanol–water partition coefficient (Wildman–Crippen LogP) is 3.08. The highest BCUT2D eigenvalue weighted by Gasteiger charge is 2.30. The Morgan fingerprint density at radius 1 is 1.14 bits per heavy atom. The minimum Gasteiger partial charge on any atom is -0.301 e. The fourth-order valence-corrected chi connectivity index (χ4v) is 3.83. The van der Waals surface area contributed by atoms with Gasteiger partial charge in [-0.25, -0.2) is 13.8 Å². The van der Waals surface area contributed by atoms with Crippen LogP contribution in [-0.2, 0) is 6.54 Å². The van der Waals surface area contributed by atoms with Gasteiger partial charge >= 0.3 is 0 Å². The molecule has 1 aliphatic heterocycles. The van der Waals surface area contributed by atoms with Crippen molar-refractivity contribution in [1.82, 2.24) is 19.6 Å². The minimum atomic E-state index is -0.603. The molecule has 2 atom stereocenters. The number of thioether (sulfide) groups is 1. The van der Waals surface area contributed by atoms with Crippen LogP contribution in [-0.4, -0.2) is 30.1 Å². The number of hydrogen-bond acceptors (Lipinski definition) is 6. The summed E-state index contributed by atoms with van der Waals surface area (Å²) in [5.41, 5.74) is 6.65. The van der Waals surface area contributed by atoms with Gasteiger partial charge in [0.1, 0.15) is 16.7 Å². The average Bonchev–Trinajstić information content (AvgIpc) is 3.37. The lowest BCUT2D eigenvalue weighted by molar-refractivity contribution is 0.532. The number of anilines is 1. The van der Waals surface area contributed by atoms with Gasteiger partial charge in [0.2, 0.25) is 0 Å². The topological polar surface area (TPSA) is 77.3 Å². The van der Waals surface area contributed by atoms with Gasteiger partial charge in [0.25, 0.3) is 0 Å². The summed E-state index contributed by atoms with van der Waals surface area (Å²) in [6.07, 6.45) is 3.54. The molecule has 7 nitrogen and oxygen atoms in total. The first-order chi connectivity index (χ1) is 13.4. The number of hydrazone groups is 1. The molecule has 0 bridgehead atoms. The summed E-state index contributed by atoms with van der Waals surface area (Å²) in [6.45, 7) is 3.90. The first-order valence-electron chi connectivity index (χ1n) is 8.70. The monoisotopic (exact) mass is 403 g/mol. The molecular formula is C18H19F2N7S. The summed E-state index contributed by atoms with van der Waals surface area (Å²) in [7, 11) is 0. The van der Waals surface area contributed by atoms with Crippen LogP contribution in [0.2, 0.25) is 0 Å². The lowest BCUT2D eigenvalue weighted by Gasteiger charge is -2.15. The van der Waals surface area contributed by atoms with E-state index in [1.165, 1.54) is 34.6 Å². The number of aryl methyl sites for hydroxylation is 1. The van der Waals surface area contributed by atoms with Crippen LogP contribution in [0.15, 0.2) is 47.8 Å². The second-order valence-corrected chi connectivity index (χ2v) is 7.61. The molecule has 1 aliphatic rings. The lowest BCUT2D eigenvalue weighted by atomic mass is 10.2. The zero-order valence-corrected chi connectivity index (χ0v) is 16.1. The highest BCUT2D eigenvalue weighted by molar-refractivity contribution is 8.14. The Balaban J connectivity index is 1.54. The first kappa shape index (κ1) is 18.6. The summed E-state index contributed by atoms with van der Waals surface area (Å²) in [5.74, 6) is -0.696. The Hall–Kier alpha value is -2.72. The van der Waals surface area contributed by atoms with E-state index in [0.717, 1.165) is 10.7 Å². The maximum atomic E-state index is 13.9. The molecule has 1 aromatic carbocycles. The standard InChI is InChI=1S/C18H19F2N7S/c1-11-6-9-26(22-11)12(2)17-24-27(18(21)28-17)16-7-8-25(23-16)10-13-14(19)4-3-5-15(13)20/h3-9,12,18H,10,21H2,1-2H3. The van der Waals surface area contributed by atoms with Gasteiger partial charge in [-0.15, -0.1) is 0 Å². The molecule has 0 spiro atoms. The number of aromatic nitrogens is 4. The van der Waals surface area contributed by atoms with E-state index in [4.69, 9.17) is 5.73 Å². The fraction of sp³-hybridized carbons (Fsp3) is 0.278. The van der Waals surface area contributed by atoms with Crippen LogP contribution in [0.1, 0.15) is 24.2 Å². The van der Waals surface area contributed by atoms with Crippen molar-refractivity contribution in [2.45, 2.75) is 31.9 Å². The zero-order valence-electron chi connectivity index (χ0n) is 15.3. The quantitative estimate of drug-likeness (QED) is 0.708. The summed E-state index contributed by atoms with van der Waals surface area (Å²) in [5, 5.41) is 15.8. The van der Waals surface area contributed by atoms with Crippen molar-refractivity contribution in [2.24, 2.45) is 10.8 Å². The molecular weight excluding hydrogens is 384 g/mol. The maximum Gasteiger partial charge on any atom is 0.173 e. The number of nitrogens with two attached hydrogens (primary N) is 1. The van der Waals surface area contributed by atoms with Gasteiger partial charge in [-0.1, -0.05) is 17.8 Å². The third-order valence-corrected chi connectivity index (χ3v) is 5.53. The number of halogens is 2. The van der Waals surface area contributed by atoms with Crippen LogP contribution in [0.4, 0.5) is 14.6 Å². The molecule has 2 unspecified atom stereocenters. The van der Waals surface area contributed by atoms with Gasteiger partial charge in [0.15, 0.2) is 11.3 Å². The molecule has 3 aromatic rings. The fourth-order valence-electron chi connectivity index (χ4n) is 2.89. The van der Waals surface area contributed by atoms with E-state index in [2.05, 4.69) is 15.3 Å². The summed E-state index contributed by atoms with van der Waals surface area (Å²) >= 11 is 1.42. The Kier molecular flexibility index (Phi) is 4.90. The van der Waals surface area contributed by atoms with Gasteiger partial charge in [0.05, 0.1) is 18.3 Å². The smallest absolute Gasteiger partial charge is 0.173 e. The molecule has 2 N–H and O–H groups in total. The normalized spacial score (nSPS) is 17.8. The number of hydrogen-bond donors (Lipinski definition) is 1. The third kappa shape index (κ3) is 3.52. The van der Waals surface area contributed by atoms with Crippen LogP contribution < -0.4 is 10.7 Å². The highest BCUT2D eigenvalue weighted by Crippen LogP contribution is 2.32. The summed E-state index contributed by atoms with van der Waals surface area (Å²) in [6, 6.07) is 7.37. The van der Waals surface area contributed by atoms with E-state index in [1.807, 2.05) is 30.8 Å². The van der Waals surface area contributed by atoms with Crippen LogP contribution >= 0.6 is 11.8 Å². The summed E-state index contributed by atoms with van der Waals surface area (Å²) < 4.78 is 31.0. The molecule has 0 saturated heterocycles. The van der Waals surface area contributed by atoms with Crippen molar-refractivity contribution in [3.8, 4) is 0 Å². The second-order valence-electron chi connectivity index (χ2n) is 6.48. The number of nitrogens with zero attached hydrogens (tertiary/aromatic N) is 6. The molecule has 2 aromatic heterocycles. The van der Waals surface area contributed by atoms with E-state index in [1.54, 1.807) is 17.3 Å². The molecule has 4 rings (SSSR count). The number of rotatable bonds is 5. The molecule has 0 radical (unpaired) electrons. The molecule has 10 heteroatoms. The highest BCUT2D eigenvalue weighted by atomic mass is 32.2. The lowest BCUT2D eigenvalue weighted by Crippen LogP contribution is -2.32. The molecule has 3 heterocycles. The Bertz CT molecular complexity index is 1010. The van der Waals surface area contributed by atoms with E-state index in [9.17, 15) is 8.78 Å². The third-order valence-electron chi connectivity index (χ3n) is 4.43. The molecule has 28 heavy (non-hydrogen) atoms. The van der Waals surface area contributed by atoms with Gasteiger partial charge in [-0.3, -0.25) is 9.36 Å². The molecule has 0 aliphatic carbocycles. The van der Waals surface area contributed by atoms with Crippen molar-refractivity contribution < 1.29 is 8.78 Å². The van der Waals surface area contributed by atoms with Crippen LogP contribution in [0.3, 0.4) is 0 Å². The van der Waals surface area contributed by atoms with Gasteiger partial charge < -0.3 is 5.73 Å². The second kappa shape index (κ2) is 7.36. The van der Waals surface area contributed by atoms with Crippen molar-refractivity contribution in [3.05, 3.63) is 65.6 Å². The Morgan fingerprint density at radius 2 is 1.89 bits per heavy atom. The van der Waals surface area contributed by atoms with Crippen molar-refractivity contribution >= 4 is 22.6 Å². The van der Waals surface area contributed by atoms with Crippen LogP contribution in [0, 0.1) is 18.6 Å². The van der Waals surface area contributed by atoms with E-state index in [0.29, 0.717) is 5.82 Å². The van der Waals surface area contributed by atoms with Crippen molar-refractivity contribution in [2.75, 3.05) is 5.01 Å². The van der Waals surface area contributed by atoms with E-state index >= 15 is 0 Å². The molecule has 146 valence electrons. The summed E-state index contributed by atoms with van der Waals surface area (Å²) in [4.78, 5) is 0. The predicted molar refractivity (Wildman–Crippen MR) is 105 cm³/mol. The van der Waals surface area contributed by atoms with Gasteiger partial charge in [-0.2, -0.15) is 15.3 Å². The Morgan fingerprint density at radius 3 is 2.57 bits per heavy atom. The van der Waals surface area contributed by atoms with E-state index < -0.39 is 17.1 Å². The molecule has 0 saturated carbocycles. The number of benzene rings is 1. The van der Waals surface area contributed by atoms with Crippen LogP contribution in [0.25, 0.3) is 0 Å². The Labute approximate surface area is 164 Å². The maximum absolute atomic E-state index is 13.9. The van der Waals surface area contributed by atoms with Crippen molar-refractivity contribution in [1.29, 1.82) is 0 Å². The first-order valence-corrected chi connectivity index (χ1v) is 9.58. The zero-order chi connectivity index (χ0) is 19.8. The average molecular weight is 403 g/mol.